The van der Waals surface area contributed by atoms with Gasteiger partial charge in [-0.05, 0) is 25.0 Å². The van der Waals surface area contributed by atoms with Crippen molar-refractivity contribution in [1.29, 1.82) is 0 Å². The fraction of sp³-hybridized carbons (Fsp3) is 0.400. The molecule has 0 spiro atoms. The Kier molecular flexibility index (Phi) is 5.76. The number of benzene rings is 1. The van der Waals surface area contributed by atoms with Crippen LogP contribution in [0, 0.1) is 0 Å². The third kappa shape index (κ3) is 4.47. The third-order valence-electron chi connectivity index (χ3n) is 3.24. The van der Waals surface area contributed by atoms with Crippen LogP contribution in [-0.2, 0) is 16.1 Å². The highest BCUT2D eigenvalue weighted by atomic mass is 16.6. The van der Waals surface area contributed by atoms with Gasteiger partial charge in [0.25, 0.3) is 5.91 Å². The largest absolute Gasteiger partial charge is 0.439 e. The van der Waals surface area contributed by atoms with Crippen LogP contribution in [0.3, 0.4) is 0 Å². The molecule has 1 heterocycles. The molecular formula is C15H20N4O3. The van der Waals surface area contributed by atoms with Crippen LogP contribution < -0.4 is 10.6 Å². The van der Waals surface area contributed by atoms with E-state index in [2.05, 4.69) is 20.2 Å². The van der Waals surface area contributed by atoms with Gasteiger partial charge in [0, 0.05) is 20.1 Å². The number of ether oxygens (including phenoxy) is 1. The van der Waals surface area contributed by atoms with Crippen molar-refractivity contribution in [2.24, 2.45) is 0 Å². The Balaban J connectivity index is 1.63. The SMILES string of the molecule is CNC(=O)COC(=O)NCCCCn1cnc2ccccc21. The summed E-state index contributed by atoms with van der Waals surface area (Å²) in [7, 11) is 1.49. The lowest BCUT2D eigenvalue weighted by molar-refractivity contribution is -0.123. The first-order chi connectivity index (χ1) is 10.7. The Morgan fingerprint density at radius 2 is 2.09 bits per heavy atom. The number of carbonyl (C=O) groups is 2. The lowest BCUT2D eigenvalue weighted by atomic mass is 10.3. The number of likely N-dealkylation sites (N-methyl/N-ethyl adjacent to an activating group) is 1. The first kappa shape index (κ1) is 15.8. The molecule has 0 saturated carbocycles. The molecule has 7 heteroatoms. The number of carbonyl (C=O) groups excluding carboxylic acids is 2. The van der Waals surface area contributed by atoms with E-state index in [4.69, 9.17) is 4.74 Å². The Morgan fingerprint density at radius 3 is 2.91 bits per heavy atom. The van der Waals surface area contributed by atoms with E-state index in [0.29, 0.717) is 6.54 Å². The van der Waals surface area contributed by atoms with Gasteiger partial charge in [0.05, 0.1) is 17.4 Å². The number of hydrogen-bond donors (Lipinski definition) is 2. The number of imidazole rings is 1. The third-order valence-corrected chi connectivity index (χ3v) is 3.24. The minimum absolute atomic E-state index is 0.261. The first-order valence-electron chi connectivity index (χ1n) is 7.22. The van der Waals surface area contributed by atoms with E-state index >= 15 is 0 Å². The molecule has 2 amide bonds. The zero-order valence-electron chi connectivity index (χ0n) is 12.5. The lowest BCUT2D eigenvalue weighted by Crippen LogP contribution is -2.31. The molecule has 0 aliphatic carbocycles. The highest BCUT2D eigenvalue weighted by molar-refractivity contribution is 5.79. The summed E-state index contributed by atoms with van der Waals surface area (Å²) >= 11 is 0. The number of para-hydroxylation sites is 2. The molecule has 2 rings (SSSR count). The molecule has 1 aromatic carbocycles. The molecule has 118 valence electrons. The molecule has 0 atom stereocenters. The number of amides is 2. The Bertz CT molecular complexity index is 639. The number of alkyl carbamates (subject to hydrolysis) is 1. The summed E-state index contributed by atoms with van der Waals surface area (Å²) in [4.78, 5) is 26.5. The smallest absolute Gasteiger partial charge is 0.407 e. The van der Waals surface area contributed by atoms with Gasteiger partial charge in [0.1, 0.15) is 0 Å². The van der Waals surface area contributed by atoms with E-state index in [1.165, 1.54) is 7.05 Å². The van der Waals surface area contributed by atoms with Gasteiger partial charge in [0.15, 0.2) is 6.61 Å². The number of nitrogens with zero attached hydrogens (tertiary/aromatic N) is 2. The van der Waals surface area contributed by atoms with Crippen LogP contribution in [0.4, 0.5) is 4.79 Å². The molecule has 0 aliphatic rings. The van der Waals surface area contributed by atoms with Crippen LogP contribution >= 0.6 is 0 Å². The van der Waals surface area contributed by atoms with Crippen molar-refractivity contribution >= 4 is 23.0 Å². The maximum Gasteiger partial charge on any atom is 0.407 e. The van der Waals surface area contributed by atoms with Crippen LogP contribution in [0.5, 0.6) is 0 Å². The zero-order chi connectivity index (χ0) is 15.8. The maximum atomic E-state index is 11.3. The number of rotatable bonds is 7. The number of aromatic nitrogens is 2. The summed E-state index contributed by atoms with van der Waals surface area (Å²) in [5.41, 5.74) is 2.10. The standard InChI is InChI=1S/C15H20N4O3/c1-16-14(20)10-22-15(21)17-8-4-5-9-19-11-18-12-6-2-3-7-13(12)19/h2-3,6-7,11H,4-5,8-10H2,1H3,(H,16,20)(H,17,21). The van der Waals surface area contributed by atoms with Gasteiger partial charge in [0.2, 0.25) is 0 Å². The first-order valence-corrected chi connectivity index (χ1v) is 7.22. The predicted octanol–water partition coefficient (Wildman–Crippen LogP) is 1.29. The van der Waals surface area contributed by atoms with Crippen molar-refractivity contribution in [3.8, 4) is 0 Å². The fourth-order valence-corrected chi connectivity index (χ4v) is 2.04. The number of hydrogen-bond acceptors (Lipinski definition) is 4. The summed E-state index contributed by atoms with van der Waals surface area (Å²) in [5, 5.41) is 4.99. The fourth-order valence-electron chi connectivity index (χ4n) is 2.04. The van der Waals surface area contributed by atoms with Crippen molar-refractivity contribution < 1.29 is 14.3 Å². The van der Waals surface area contributed by atoms with Crippen LogP contribution in [0.15, 0.2) is 30.6 Å². The topological polar surface area (TPSA) is 85.2 Å². The molecule has 0 unspecified atom stereocenters. The van der Waals surface area contributed by atoms with Crippen molar-refractivity contribution in [2.45, 2.75) is 19.4 Å². The molecule has 0 radical (unpaired) electrons. The van der Waals surface area contributed by atoms with Gasteiger partial charge < -0.3 is 19.9 Å². The van der Waals surface area contributed by atoms with Gasteiger partial charge in [-0.2, -0.15) is 0 Å². The minimum Gasteiger partial charge on any atom is -0.439 e. The van der Waals surface area contributed by atoms with Crippen LogP contribution in [0.1, 0.15) is 12.8 Å². The van der Waals surface area contributed by atoms with E-state index in [-0.39, 0.29) is 12.5 Å². The summed E-state index contributed by atoms with van der Waals surface area (Å²) in [5.74, 6) is -0.331. The summed E-state index contributed by atoms with van der Waals surface area (Å²) in [6, 6.07) is 7.98. The summed E-state index contributed by atoms with van der Waals surface area (Å²) in [6.45, 7) is 1.10. The zero-order valence-corrected chi connectivity index (χ0v) is 12.5. The quantitative estimate of drug-likeness (QED) is 0.755. The van der Waals surface area contributed by atoms with E-state index in [9.17, 15) is 9.59 Å². The maximum absolute atomic E-state index is 11.3. The highest BCUT2D eigenvalue weighted by Crippen LogP contribution is 2.12. The van der Waals surface area contributed by atoms with Crippen LogP contribution in [0.25, 0.3) is 11.0 Å². The van der Waals surface area contributed by atoms with E-state index in [1.54, 1.807) is 0 Å². The van der Waals surface area contributed by atoms with E-state index in [0.717, 1.165) is 30.4 Å². The molecule has 0 bridgehead atoms. The second-order valence-electron chi connectivity index (χ2n) is 4.81. The molecule has 2 aromatic rings. The van der Waals surface area contributed by atoms with Crippen molar-refractivity contribution in [2.75, 3.05) is 20.2 Å². The van der Waals surface area contributed by atoms with Gasteiger partial charge >= 0.3 is 6.09 Å². The molecule has 0 aliphatic heterocycles. The Hall–Kier alpha value is -2.57. The van der Waals surface area contributed by atoms with Crippen molar-refractivity contribution in [1.82, 2.24) is 20.2 Å². The number of unbranched alkanes of at least 4 members (excludes halogenated alkanes) is 1. The highest BCUT2D eigenvalue weighted by Gasteiger charge is 2.05. The molecule has 1 aromatic heterocycles. The average molecular weight is 304 g/mol. The second kappa shape index (κ2) is 8.02. The van der Waals surface area contributed by atoms with Gasteiger partial charge in [-0.15, -0.1) is 0 Å². The van der Waals surface area contributed by atoms with Crippen molar-refractivity contribution in [3.05, 3.63) is 30.6 Å². The average Bonchev–Trinajstić information content (AvgIpc) is 2.95. The number of aryl methyl sites for hydroxylation is 1. The number of nitrogens with one attached hydrogen (secondary N) is 2. The van der Waals surface area contributed by atoms with Gasteiger partial charge in [-0.25, -0.2) is 9.78 Å². The van der Waals surface area contributed by atoms with Gasteiger partial charge in [-0.3, -0.25) is 4.79 Å². The van der Waals surface area contributed by atoms with E-state index < -0.39 is 6.09 Å². The normalized spacial score (nSPS) is 10.4. The molecule has 22 heavy (non-hydrogen) atoms. The summed E-state index contributed by atoms with van der Waals surface area (Å²) in [6.07, 6.45) is 2.99. The summed E-state index contributed by atoms with van der Waals surface area (Å²) < 4.78 is 6.82. The predicted molar refractivity (Wildman–Crippen MR) is 82.4 cm³/mol. The number of fused-ring (bicyclic) bond motifs is 1. The molecule has 2 N–H and O–H groups in total. The molecule has 0 saturated heterocycles. The van der Waals surface area contributed by atoms with Crippen LogP contribution in [0.2, 0.25) is 0 Å². The van der Waals surface area contributed by atoms with E-state index in [1.807, 2.05) is 30.6 Å². The van der Waals surface area contributed by atoms with Crippen molar-refractivity contribution in [3.63, 3.8) is 0 Å². The van der Waals surface area contributed by atoms with Crippen LogP contribution in [-0.4, -0.2) is 41.8 Å². The molecule has 7 nitrogen and oxygen atoms in total. The lowest BCUT2D eigenvalue weighted by Gasteiger charge is -2.07. The second-order valence-corrected chi connectivity index (χ2v) is 4.81. The Labute approximate surface area is 128 Å². The van der Waals surface area contributed by atoms with Gasteiger partial charge in [-0.1, -0.05) is 12.1 Å². The molecular weight excluding hydrogens is 284 g/mol. The molecule has 0 fully saturated rings. The minimum atomic E-state index is -0.573. The Morgan fingerprint density at radius 1 is 1.27 bits per heavy atom. The monoisotopic (exact) mass is 304 g/mol.